The number of nitrogens with one attached hydrogen (secondary N) is 1. The number of aliphatic carboxylic acids is 1. The number of hydrogen-bond acceptors (Lipinski definition) is 4. The average Bonchev–Trinajstić information content (AvgIpc) is 2.89. The predicted octanol–water partition coefficient (Wildman–Crippen LogP) is 6.24. The number of carboxylic acid groups (broad SMARTS) is 1. The third kappa shape index (κ3) is 13.3. The zero-order valence-electron chi connectivity index (χ0n) is 20.7. The maximum absolute atomic E-state index is 10.4. The zero-order valence-corrected chi connectivity index (χ0v) is 20.7. The summed E-state index contributed by atoms with van der Waals surface area (Å²) in [6.07, 6.45) is 10.3. The largest absolute Gasteiger partial charge is 0.498 e. The second-order valence-corrected chi connectivity index (χ2v) is 7.59. The van der Waals surface area contributed by atoms with Crippen molar-refractivity contribution in [3.05, 3.63) is 47.4 Å². The van der Waals surface area contributed by atoms with Gasteiger partial charge in [-0.15, -0.1) is 0 Å². The van der Waals surface area contributed by atoms with E-state index in [1.54, 1.807) is 14.2 Å². The van der Waals surface area contributed by atoms with Crippen LogP contribution in [0.1, 0.15) is 74.1 Å². The number of allylic oxidation sites excluding steroid dienone is 6. The smallest absolute Gasteiger partial charge is 0.322 e. The van der Waals surface area contributed by atoms with E-state index in [2.05, 4.69) is 38.7 Å². The summed E-state index contributed by atoms with van der Waals surface area (Å²) in [6.45, 7) is 18.3. The molecule has 0 saturated carbocycles. The molecule has 2 aliphatic carbocycles. The van der Waals surface area contributed by atoms with Crippen LogP contribution in [-0.4, -0.2) is 37.9 Å². The maximum atomic E-state index is 10.4. The molecule has 0 bridgehead atoms. The number of carboxylic acids is 1. The van der Waals surface area contributed by atoms with Gasteiger partial charge in [0.05, 0.1) is 7.11 Å². The Morgan fingerprint density at radius 3 is 2.27 bits per heavy atom. The van der Waals surface area contributed by atoms with Gasteiger partial charge in [-0.2, -0.15) is 0 Å². The standard InChI is InChI=1S/C11H17NO2.C10H16O2.2C2H6/c1-8-4-9(12-7-10(13)14)6-11(2,3)5-8;1-8-5-4-6-9(11-2)10(7-8)12-3;2*1-2/h4,12H,1,5-7H2,2-3H3,(H,13,14);5,7,9H,4,6H2,1-3H3;2*1-2H3. The van der Waals surface area contributed by atoms with Gasteiger partial charge in [0, 0.05) is 12.8 Å². The van der Waals surface area contributed by atoms with Gasteiger partial charge < -0.3 is 19.9 Å². The molecule has 0 aromatic heterocycles. The minimum atomic E-state index is -0.833. The van der Waals surface area contributed by atoms with E-state index in [0.29, 0.717) is 0 Å². The highest BCUT2D eigenvalue weighted by Gasteiger charge is 2.24. The quantitative estimate of drug-likeness (QED) is 0.547. The molecule has 174 valence electrons. The topological polar surface area (TPSA) is 67.8 Å². The van der Waals surface area contributed by atoms with Gasteiger partial charge in [0.1, 0.15) is 18.4 Å². The molecule has 30 heavy (non-hydrogen) atoms. The fourth-order valence-corrected chi connectivity index (χ4v) is 3.25. The van der Waals surface area contributed by atoms with Crippen LogP contribution in [0.15, 0.2) is 47.4 Å². The van der Waals surface area contributed by atoms with Crippen molar-refractivity contribution in [3.63, 3.8) is 0 Å². The van der Waals surface area contributed by atoms with E-state index < -0.39 is 5.97 Å². The first-order valence-electron chi connectivity index (χ1n) is 11.0. The third-order valence-corrected chi connectivity index (χ3v) is 4.32. The predicted molar refractivity (Wildman–Crippen MR) is 127 cm³/mol. The van der Waals surface area contributed by atoms with Crippen LogP contribution in [0.5, 0.6) is 0 Å². The van der Waals surface area contributed by atoms with Gasteiger partial charge in [-0.3, -0.25) is 4.79 Å². The molecule has 0 fully saturated rings. The Kier molecular flexibility index (Phi) is 16.9. The van der Waals surface area contributed by atoms with Crippen LogP contribution in [-0.2, 0) is 14.3 Å². The van der Waals surface area contributed by atoms with Crippen LogP contribution in [0.4, 0.5) is 0 Å². The summed E-state index contributed by atoms with van der Waals surface area (Å²) in [6, 6.07) is 0. The summed E-state index contributed by atoms with van der Waals surface area (Å²) >= 11 is 0. The summed E-state index contributed by atoms with van der Waals surface area (Å²) in [5.41, 5.74) is 3.49. The molecule has 0 aliphatic heterocycles. The molecular weight excluding hydrogens is 378 g/mol. The maximum Gasteiger partial charge on any atom is 0.322 e. The SMILES string of the molecule is C=C1C=C(NCC(=O)O)CC(C)(C)C1.CC.CC.COC1=CC(C)=CCCC1OC. The Morgan fingerprint density at radius 2 is 1.80 bits per heavy atom. The molecule has 2 rings (SSSR count). The van der Waals surface area contributed by atoms with Gasteiger partial charge in [0.25, 0.3) is 0 Å². The Hall–Kier alpha value is -2.01. The minimum absolute atomic E-state index is 0.0187. The molecule has 2 N–H and O–H groups in total. The molecule has 0 saturated heterocycles. The molecule has 1 atom stereocenters. The average molecular weight is 424 g/mol. The molecular formula is C25H45NO4. The number of methoxy groups -OCH3 is 2. The van der Waals surface area contributed by atoms with E-state index in [9.17, 15) is 4.79 Å². The summed E-state index contributed by atoms with van der Waals surface area (Å²) in [5.74, 6) is 0.101. The van der Waals surface area contributed by atoms with Gasteiger partial charge in [0.15, 0.2) is 0 Å². The lowest BCUT2D eigenvalue weighted by molar-refractivity contribution is -0.135. The molecule has 5 nitrogen and oxygen atoms in total. The van der Waals surface area contributed by atoms with E-state index in [0.717, 1.165) is 42.7 Å². The molecule has 0 aromatic rings. The monoisotopic (exact) mass is 423 g/mol. The fourth-order valence-electron chi connectivity index (χ4n) is 3.25. The van der Waals surface area contributed by atoms with Gasteiger partial charge in [0.2, 0.25) is 0 Å². The Labute approximate surface area is 184 Å². The Bertz CT molecular complexity index is 600. The lowest BCUT2D eigenvalue weighted by Crippen LogP contribution is -2.28. The van der Waals surface area contributed by atoms with Crippen LogP contribution in [0, 0.1) is 5.41 Å². The zero-order chi connectivity index (χ0) is 23.7. The summed E-state index contributed by atoms with van der Waals surface area (Å²) in [7, 11) is 3.41. The Balaban J connectivity index is 0. The molecule has 0 radical (unpaired) electrons. The molecule has 2 aliphatic rings. The van der Waals surface area contributed by atoms with Crippen LogP contribution < -0.4 is 5.32 Å². The number of carbonyl (C=O) groups is 1. The van der Waals surface area contributed by atoms with Gasteiger partial charge in [-0.05, 0) is 50.2 Å². The van der Waals surface area contributed by atoms with Gasteiger partial charge >= 0.3 is 5.97 Å². The van der Waals surface area contributed by atoms with Crippen LogP contribution >= 0.6 is 0 Å². The van der Waals surface area contributed by atoms with Crippen LogP contribution in [0.25, 0.3) is 0 Å². The summed E-state index contributed by atoms with van der Waals surface area (Å²) in [5, 5.41) is 11.4. The third-order valence-electron chi connectivity index (χ3n) is 4.32. The van der Waals surface area contributed by atoms with Crippen LogP contribution in [0.3, 0.4) is 0 Å². The first-order chi connectivity index (χ1) is 14.2. The highest BCUT2D eigenvalue weighted by molar-refractivity contribution is 5.69. The minimum Gasteiger partial charge on any atom is -0.498 e. The van der Waals surface area contributed by atoms with Crippen molar-refractivity contribution in [3.8, 4) is 0 Å². The highest BCUT2D eigenvalue weighted by Crippen LogP contribution is 2.36. The molecule has 0 amide bonds. The number of rotatable bonds is 5. The summed E-state index contributed by atoms with van der Waals surface area (Å²) < 4.78 is 10.5. The van der Waals surface area contributed by atoms with Crippen molar-refractivity contribution < 1.29 is 19.4 Å². The Morgan fingerprint density at radius 1 is 1.20 bits per heavy atom. The normalized spacial score (nSPS) is 19.4. The van der Waals surface area contributed by atoms with Gasteiger partial charge in [-0.25, -0.2) is 0 Å². The number of ether oxygens (including phenoxy) is 2. The highest BCUT2D eigenvalue weighted by atomic mass is 16.5. The lowest BCUT2D eigenvalue weighted by atomic mass is 9.77. The van der Waals surface area contributed by atoms with E-state index in [-0.39, 0.29) is 18.1 Å². The van der Waals surface area contributed by atoms with Crippen LogP contribution in [0.2, 0.25) is 0 Å². The van der Waals surface area contributed by atoms with E-state index in [1.165, 1.54) is 5.57 Å². The van der Waals surface area contributed by atoms with E-state index in [1.807, 2.05) is 39.8 Å². The van der Waals surface area contributed by atoms with Crippen molar-refractivity contribution in [1.29, 1.82) is 0 Å². The number of hydrogen-bond donors (Lipinski definition) is 2. The summed E-state index contributed by atoms with van der Waals surface area (Å²) in [4.78, 5) is 10.4. The van der Waals surface area contributed by atoms with Crippen molar-refractivity contribution in [2.75, 3.05) is 20.8 Å². The van der Waals surface area contributed by atoms with E-state index >= 15 is 0 Å². The molecule has 0 aromatic carbocycles. The van der Waals surface area contributed by atoms with E-state index in [4.69, 9.17) is 14.6 Å². The molecule has 0 heterocycles. The first-order valence-corrected chi connectivity index (χ1v) is 11.0. The second kappa shape index (κ2) is 16.8. The molecule has 5 heteroatoms. The van der Waals surface area contributed by atoms with Crippen molar-refractivity contribution in [2.24, 2.45) is 5.41 Å². The lowest BCUT2D eigenvalue weighted by Gasteiger charge is -2.31. The van der Waals surface area contributed by atoms with Crippen molar-refractivity contribution in [1.82, 2.24) is 5.32 Å². The molecule has 1 unspecified atom stereocenters. The van der Waals surface area contributed by atoms with Crippen molar-refractivity contribution >= 4 is 5.97 Å². The second-order valence-electron chi connectivity index (χ2n) is 7.59. The van der Waals surface area contributed by atoms with Crippen molar-refractivity contribution in [2.45, 2.75) is 80.3 Å². The fraction of sp³-hybridized carbons (Fsp3) is 0.640. The molecule has 0 spiro atoms. The first kappa shape index (κ1) is 30.2. The van der Waals surface area contributed by atoms with Gasteiger partial charge in [-0.1, -0.05) is 65.3 Å².